The van der Waals surface area contributed by atoms with Crippen LogP contribution in [0.5, 0.6) is 5.75 Å². The molecule has 4 heteroatoms. The van der Waals surface area contributed by atoms with Crippen molar-refractivity contribution in [1.29, 1.82) is 0 Å². The fourth-order valence-electron chi connectivity index (χ4n) is 2.51. The highest BCUT2D eigenvalue weighted by molar-refractivity contribution is 9.10. The van der Waals surface area contributed by atoms with Crippen LogP contribution in [0.3, 0.4) is 0 Å². The number of nitrogens with zero attached hydrogens (tertiary/aromatic N) is 1. The first-order valence-corrected chi connectivity index (χ1v) is 7.69. The summed E-state index contributed by atoms with van der Waals surface area (Å²) in [6, 6.07) is 10.8. The van der Waals surface area contributed by atoms with Crippen LogP contribution in [-0.4, -0.2) is 11.6 Å². The van der Waals surface area contributed by atoms with Gasteiger partial charge in [0.2, 0.25) is 0 Å². The number of rotatable bonds is 4. The monoisotopic (exact) mass is 332 g/mol. The number of aromatic nitrogens is 1. The van der Waals surface area contributed by atoms with Crippen molar-refractivity contribution in [3.05, 3.63) is 52.3 Å². The zero-order chi connectivity index (χ0) is 13.9. The van der Waals surface area contributed by atoms with Crippen molar-refractivity contribution >= 4 is 21.6 Å². The Hall–Kier alpha value is -1.55. The molecule has 0 saturated carbocycles. The van der Waals surface area contributed by atoms with E-state index in [0.717, 1.165) is 35.5 Å². The molecule has 0 bridgehead atoms. The van der Waals surface area contributed by atoms with Crippen molar-refractivity contribution < 1.29 is 4.74 Å². The van der Waals surface area contributed by atoms with Crippen molar-refractivity contribution in [2.45, 2.75) is 25.8 Å². The summed E-state index contributed by atoms with van der Waals surface area (Å²) < 4.78 is 6.42. The maximum absolute atomic E-state index is 5.56. The molecule has 1 atom stereocenters. The minimum absolute atomic E-state index is 0.295. The van der Waals surface area contributed by atoms with Crippen LogP contribution in [0, 0.1) is 0 Å². The number of nitrogens with one attached hydrogen (secondary N) is 1. The largest absolute Gasteiger partial charge is 0.493 e. The molecule has 0 fully saturated rings. The zero-order valence-electron chi connectivity index (χ0n) is 11.4. The Bertz CT molecular complexity index is 598. The molecular formula is C16H17BrN2O. The SMILES string of the molecule is CCC(Nc1ccc(Br)nc1)c1ccc2c(c1)CCO2. The number of pyridine rings is 1. The van der Waals surface area contributed by atoms with Crippen LogP contribution in [0.2, 0.25) is 0 Å². The lowest BCUT2D eigenvalue weighted by Crippen LogP contribution is -2.10. The summed E-state index contributed by atoms with van der Waals surface area (Å²) >= 11 is 3.35. The van der Waals surface area contributed by atoms with Gasteiger partial charge < -0.3 is 10.1 Å². The lowest BCUT2D eigenvalue weighted by Gasteiger charge is -2.19. The Morgan fingerprint density at radius 3 is 3.00 bits per heavy atom. The summed E-state index contributed by atoms with van der Waals surface area (Å²) in [5, 5.41) is 3.54. The second-order valence-corrected chi connectivity index (χ2v) is 5.75. The van der Waals surface area contributed by atoms with E-state index in [0.29, 0.717) is 6.04 Å². The van der Waals surface area contributed by atoms with Gasteiger partial charge >= 0.3 is 0 Å². The van der Waals surface area contributed by atoms with Gasteiger partial charge in [0.05, 0.1) is 24.5 Å². The zero-order valence-corrected chi connectivity index (χ0v) is 13.0. The second kappa shape index (κ2) is 5.83. The van der Waals surface area contributed by atoms with E-state index in [-0.39, 0.29) is 0 Å². The van der Waals surface area contributed by atoms with Gasteiger partial charge in [-0.2, -0.15) is 0 Å². The number of ether oxygens (including phenoxy) is 1. The lowest BCUT2D eigenvalue weighted by molar-refractivity contribution is 0.357. The van der Waals surface area contributed by atoms with Gasteiger partial charge in [-0.05, 0) is 57.7 Å². The van der Waals surface area contributed by atoms with E-state index in [1.807, 2.05) is 18.3 Å². The smallest absolute Gasteiger partial charge is 0.122 e. The predicted molar refractivity (Wildman–Crippen MR) is 84.2 cm³/mol. The van der Waals surface area contributed by atoms with E-state index in [1.165, 1.54) is 11.1 Å². The van der Waals surface area contributed by atoms with Crippen LogP contribution in [0.1, 0.15) is 30.5 Å². The van der Waals surface area contributed by atoms with Crippen molar-refractivity contribution in [1.82, 2.24) is 4.98 Å². The minimum Gasteiger partial charge on any atom is -0.493 e. The first-order chi connectivity index (χ1) is 9.76. The van der Waals surface area contributed by atoms with Gasteiger partial charge in [-0.25, -0.2) is 4.98 Å². The molecule has 0 saturated heterocycles. The second-order valence-electron chi connectivity index (χ2n) is 4.94. The highest BCUT2D eigenvalue weighted by Crippen LogP contribution is 2.30. The Kier molecular flexibility index (Phi) is 3.92. The molecular weight excluding hydrogens is 316 g/mol. The predicted octanol–water partition coefficient (Wildman–Crippen LogP) is 4.34. The molecule has 1 aliphatic rings. The molecule has 1 N–H and O–H groups in total. The van der Waals surface area contributed by atoms with Crippen LogP contribution < -0.4 is 10.1 Å². The summed E-state index contributed by atoms with van der Waals surface area (Å²) in [6.07, 6.45) is 3.89. The summed E-state index contributed by atoms with van der Waals surface area (Å²) in [5.41, 5.74) is 3.66. The number of halogens is 1. The fourth-order valence-corrected chi connectivity index (χ4v) is 2.74. The number of hydrogen-bond acceptors (Lipinski definition) is 3. The van der Waals surface area contributed by atoms with Gasteiger partial charge in [-0.15, -0.1) is 0 Å². The molecule has 1 aliphatic heterocycles. The van der Waals surface area contributed by atoms with E-state index in [4.69, 9.17) is 4.74 Å². The minimum atomic E-state index is 0.295. The molecule has 2 heterocycles. The fraction of sp³-hybridized carbons (Fsp3) is 0.312. The van der Waals surface area contributed by atoms with E-state index in [9.17, 15) is 0 Å². The number of hydrogen-bond donors (Lipinski definition) is 1. The normalized spacial score (nSPS) is 14.5. The first kappa shape index (κ1) is 13.4. The van der Waals surface area contributed by atoms with Crippen LogP contribution in [0.4, 0.5) is 5.69 Å². The van der Waals surface area contributed by atoms with Crippen molar-refractivity contribution in [2.75, 3.05) is 11.9 Å². The molecule has 0 amide bonds. The third kappa shape index (κ3) is 2.80. The molecule has 2 aromatic rings. The van der Waals surface area contributed by atoms with E-state index < -0.39 is 0 Å². The highest BCUT2D eigenvalue weighted by Gasteiger charge is 2.16. The average molecular weight is 333 g/mol. The molecule has 104 valence electrons. The molecule has 20 heavy (non-hydrogen) atoms. The van der Waals surface area contributed by atoms with Gasteiger partial charge in [0.25, 0.3) is 0 Å². The molecule has 0 aliphatic carbocycles. The topological polar surface area (TPSA) is 34.2 Å². The van der Waals surface area contributed by atoms with E-state index >= 15 is 0 Å². The maximum atomic E-state index is 5.56. The highest BCUT2D eigenvalue weighted by atomic mass is 79.9. The van der Waals surface area contributed by atoms with Crippen molar-refractivity contribution in [2.24, 2.45) is 0 Å². The molecule has 0 spiro atoms. The van der Waals surface area contributed by atoms with Gasteiger partial charge in [0.15, 0.2) is 0 Å². The third-order valence-electron chi connectivity index (χ3n) is 3.59. The van der Waals surface area contributed by atoms with Crippen LogP contribution in [-0.2, 0) is 6.42 Å². The standard InChI is InChI=1S/C16H17BrN2O/c1-2-14(19-13-4-6-16(17)18-10-13)11-3-5-15-12(9-11)7-8-20-15/h3-6,9-10,14,19H,2,7-8H2,1H3. The summed E-state index contributed by atoms with van der Waals surface area (Å²) in [5.74, 6) is 1.04. The van der Waals surface area contributed by atoms with E-state index in [1.54, 1.807) is 0 Å². The molecule has 1 unspecified atom stereocenters. The summed E-state index contributed by atoms with van der Waals surface area (Å²) in [7, 11) is 0. The Balaban J connectivity index is 1.81. The Morgan fingerprint density at radius 1 is 1.35 bits per heavy atom. The van der Waals surface area contributed by atoms with Gasteiger partial charge in [0.1, 0.15) is 10.4 Å². The lowest BCUT2D eigenvalue weighted by atomic mass is 10.0. The molecule has 1 aromatic heterocycles. The number of anilines is 1. The summed E-state index contributed by atoms with van der Waals surface area (Å²) in [6.45, 7) is 2.99. The average Bonchev–Trinajstić information content (AvgIpc) is 2.94. The number of fused-ring (bicyclic) bond motifs is 1. The van der Waals surface area contributed by atoms with Gasteiger partial charge in [-0.1, -0.05) is 13.0 Å². The molecule has 0 radical (unpaired) electrons. The van der Waals surface area contributed by atoms with Crippen molar-refractivity contribution in [3.63, 3.8) is 0 Å². The molecule has 1 aromatic carbocycles. The van der Waals surface area contributed by atoms with Gasteiger partial charge in [-0.3, -0.25) is 0 Å². The Labute approximate surface area is 127 Å². The van der Waals surface area contributed by atoms with Crippen LogP contribution in [0.25, 0.3) is 0 Å². The number of benzene rings is 1. The molecule has 3 rings (SSSR count). The molecule has 3 nitrogen and oxygen atoms in total. The Morgan fingerprint density at radius 2 is 2.25 bits per heavy atom. The maximum Gasteiger partial charge on any atom is 0.122 e. The third-order valence-corrected chi connectivity index (χ3v) is 4.06. The first-order valence-electron chi connectivity index (χ1n) is 6.90. The van der Waals surface area contributed by atoms with Crippen LogP contribution >= 0.6 is 15.9 Å². The van der Waals surface area contributed by atoms with Crippen molar-refractivity contribution in [3.8, 4) is 5.75 Å². The van der Waals surface area contributed by atoms with Crippen LogP contribution in [0.15, 0.2) is 41.1 Å². The van der Waals surface area contributed by atoms with Gasteiger partial charge in [0, 0.05) is 6.42 Å². The summed E-state index contributed by atoms with van der Waals surface area (Å²) in [4.78, 5) is 4.25. The van der Waals surface area contributed by atoms with E-state index in [2.05, 4.69) is 51.4 Å². The quantitative estimate of drug-likeness (QED) is 0.845.